The zero-order chi connectivity index (χ0) is 31.1. The highest BCUT2D eigenvalue weighted by atomic mass is 16.7. The van der Waals surface area contributed by atoms with Crippen LogP contribution in [-0.4, -0.2) is 76.4 Å². The van der Waals surface area contributed by atoms with Crippen LogP contribution in [0.4, 0.5) is 9.59 Å². The lowest BCUT2D eigenvalue weighted by atomic mass is 9.91. The van der Waals surface area contributed by atoms with E-state index in [9.17, 15) is 19.2 Å². The summed E-state index contributed by atoms with van der Waals surface area (Å²) in [6.45, 7) is 3.92. The summed E-state index contributed by atoms with van der Waals surface area (Å²) in [4.78, 5) is 61.4. The first-order chi connectivity index (χ1) is 21.2. The Morgan fingerprint density at radius 1 is 0.750 bits per heavy atom. The van der Waals surface area contributed by atoms with Gasteiger partial charge < -0.3 is 19.3 Å². The van der Waals surface area contributed by atoms with E-state index in [1.807, 2.05) is 80.6 Å². The number of carbonyl (C=O) groups is 4. The standard InChI is InChI=1S/C34H36N4O6/c1-21-30(24-11-7-5-8-12-24)37(33(41)35(21)3)29(39)19-26(17-23-15-16-27-28(18-23)44-20-43-27)32(40)38-31(22(2)36(4)34(38)42)25-13-9-6-10-14-25/h5-16,18,21-22,26,30-31H,17,19-20H2,1-4H3/t21-,22-,26+,30-,31-/m0/s1. The summed E-state index contributed by atoms with van der Waals surface area (Å²) in [5.74, 6) is -0.699. The molecular formula is C34H36N4O6. The van der Waals surface area contributed by atoms with Crippen molar-refractivity contribution in [3.63, 3.8) is 0 Å². The third kappa shape index (κ3) is 5.04. The Morgan fingerprint density at radius 3 is 1.86 bits per heavy atom. The monoisotopic (exact) mass is 596 g/mol. The van der Waals surface area contributed by atoms with Gasteiger partial charge in [0.1, 0.15) is 0 Å². The van der Waals surface area contributed by atoms with Crippen LogP contribution in [0.15, 0.2) is 78.9 Å². The van der Waals surface area contributed by atoms with Crippen LogP contribution in [0.2, 0.25) is 0 Å². The molecule has 0 bridgehead atoms. The van der Waals surface area contributed by atoms with Gasteiger partial charge in [-0.3, -0.25) is 19.4 Å². The average Bonchev–Trinajstić information content (AvgIpc) is 3.67. The molecule has 0 saturated carbocycles. The predicted octanol–water partition coefficient (Wildman–Crippen LogP) is 5.01. The van der Waals surface area contributed by atoms with Crippen molar-refractivity contribution >= 4 is 23.9 Å². The summed E-state index contributed by atoms with van der Waals surface area (Å²) in [6, 6.07) is 21.8. The van der Waals surface area contributed by atoms with Gasteiger partial charge in [-0.15, -0.1) is 0 Å². The predicted molar refractivity (Wildman–Crippen MR) is 162 cm³/mol. The number of amides is 6. The molecule has 6 amide bonds. The molecular weight excluding hydrogens is 560 g/mol. The van der Waals surface area contributed by atoms with Crippen LogP contribution in [0.25, 0.3) is 0 Å². The molecule has 6 rings (SSSR count). The molecule has 0 N–H and O–H groups in total. The first-order valence-corrected chi connectivity index (χ1v) is 14.8. The van der Waals surface area contributed by atoms with Gasteiger partial charge in [0.2, 0.25) is 18.6 Å². The zero-order valence-electron chi connectivity index (χ0n) is 25.3. The molecule has 2 fully saturated rings. The number of benzene rings is 3. The molecule has 44 heavy (non-hydrogen) atoms. The quantitative estimate of drug-likeness (QED) is 0.380. The maximum absolute atomic E-state index is 14.5. The molecule has 3 aliphatic rings. The van der Waals surface area contributed by atoms with Gasteiger partial charge in [0.15, 0.2) is 11.5 Å². The molecule has 3 aromatic rings. The molecule has 10 heteroatoms. The van der Waals surface area contributed by atoms with Crippen LogP contribution in [-0.2, 0) is 16.0 Å². The van der Waals surface area contributed by atoms with E-state index >= 15 is 0 Å². The summed E-state index contributed by atoms with van der Waals surface area (Å²) in [5.41, 5.74) is 2.41. The number of carbonyl (C=O) groups excluding carboxylic acids is 4. The van der Waals surface area contributed by atoms with Gasteiger partial charge in [-0.2, -0.15) is 0 Å². The molecule has 0 unspecified atom stereocenters. The molecule has 3 heterocycles. The first-order valence-electron chi connectivity index (χ1n) is 14.8. The Labute approximate surface area is 256 Å². The number of nitrogens with zero attached hydrogens (tertiary/aromatic N) is 4. The first kappa shape index (κ1) is 29.2. The Morgan fingerprint density at radius 2 is 1.27 bits per heavy atom. The number of urea groups is 2. The van der Waals surface area contributed by atoms with E-state index in [1.54, 1.807) is 36.0 Å². The highest BCUT2D eigenvalue weighted by molar-refractivity contribution is 6.02. The molecule has 228 valence electrons. The van der Waals surface area contributed by atoms with Crippen molar-refractivity contribution in [2.45, 2.75) is 50.9 Å². The molecule has 2 saturated heterocycles. The molecule has 0 radical (unpaired) electrons. The smallest absolute Gasteiger partial charge is 0.327 e. The van der Waals surface area contributed by atoms with Gasteiger partial charge in [-0.1, -0.05) is 66.7 Å². The highest BCUT2D eigenvalue weighted by Crippen LogP contribution is 2.39. The van der Waals surface area contributed by atoms with Crippen molar-refractivity contribution in [3.05, 3.63) is 95.6 Å². The average molecular weight is 597 g/mol. The fraction of sp³-hybridized carbons (Fsp3) is 0.353. The summed E-state index contributed by atoms with van der Waals surface area (Å²) < 4.78 is 11.0. The number of imide groups is 2. The summed E-state index contributed by atoms with van der Waals surface area (Å²) in [6.07, 6.45) is -0.0969. The Kier molecular flexibility index (Phi) is 7.75. The molecule has 3 aromatic carbocycles. The summed E-state index contributed by atoms with van der Waals surface area (Å²) >= 11 is 0. The van der Waals surface area contributed by atoms with Crippen LogP contribution in [0.1, 0.15) is 49.0 Å². The second kappa shape index (κ2) is 11.7. The topological polar surface area (TPSA) is 99.7 Å². The van der Waals surface area contributed by atoms with E-state index < -0.39 is 41.9 Å². The van der Waals surface area contributed by atoms with Crippen LogP contribution >= 0.6 is 0 Å². The van der Waals surface area contributed by atoms with Gasteiger partial charge in [0.05, 0.1) is 30.1 Å². The van der Waals surface area contributed by atoms with Crippen LogP contribution in [0, 0.1) is 5.92 Å². The fourth-order valence-electron chi connectivity index (χ4n) is 6.54. The van der Waals surface area contributed by atoms with Crippen molar-refractivity contribution in [1.82, 2.24) is 19.6 Å². The Bertz CT molecular complexity index is 1580. The van der Waals surface area contributed by atoms with Gasteiger partial charge in [-0.05, 0) is 49.1 Å². The van der Waals surface area contributed by atoms with E-state index in [0.29, 0.717) is 11.5 Å². The van der Waals surface area contributed by atoms with Gasteiger partial charge >= 0.3 is 12.1 Å². The van der Waals surface area contributed by atoms with Crippen LogP contribution in [0.5, 0.6) is 11.5 Å². The number of likely N-dealkylation sites (N-methyl/N-ethyl adjacent to an activating group) is 2. The van der Waals surface area contributed by atoms with Crippen molar-refractivity contribution in [2.24, 2.45) is 5.92 Å². The highest BCUT2D eigenvalue weighted by Gasteiger charge is 2.50. The maximum atomic E-state index is 14.5. The second-order valence-corrected chi connectivity index (χ2v) is 11.7. The van der Waals surface area contributed by atoms with E-state index in [4.69, 9.17) is 9.47 Å². The zero-order valence-corrected chi connectivity index (χ0v) is 25.3. The largest absolute Gasteiger partial charge is 0.454 e. The fourth-order valence-corrected chi connectivity index (χ4v) is 6.54. The molecule has 5 atom stereocenters. The molecule has 3 aliphatic heterocycles. The van der Waals surface area contributed by atoms with E-state index in [1.165, 1.54) is 9.80 Å². The van der Waals surface area contributed by atoms with Gasteiger partial charge in [0, 0.05) is 20.5 Å². The Hall–Kier alpha value is -4.86. The third-order valence-electron chi connectivity index (χ3n) is 9.19. The molecule has 0 spiro atoms. The minimum absolute atomic E-state index is 0.106. The molecule has 0 aromatic heterocycles. The summed E-state index contributed by atoms with van der Waals surface area (Å²) in [7, 11) is 3.36. The number of ether oxygens (including phenoxy) is 2. The normalized spacial score (nSPS) is 23.5. The lowest BCUT2D eigenvalue weighted by molar-refractivity contribution is -0.139. The maximum Gasteiger partial charge on any atom is 0.327 e. The minimum atomic E-state index is -0.929. The summed E-state index contributed by atoms with van der Waals surface area (Å²) in [5, 5.41) is 0. The van der Waals surface area contributed by atoms with Crippen molar-refractivity contribution in [2.75, 3.05) is 20.9 Å². The lowest BCUT2D eigenvalue weighted by Gasteiger charge is -2.29. The SMILES string of the molecule is C[C@H]1[C@@H](c2ccccc2)N(C(=O)C[C@@H](Cc2ccc3c(c2)OCO3)C(=O)N2C(=O)N(C)[C@@H](C)[C@H]2c2ccccc2)C(=O)N1C. The van der Waals surface area contributed by atoms with Gasteiger partial charge in [0.25, 0.3) is 0 Å². The minimum Gasteiger partial charge on any atom is -0.454 e. The van der Waals surface area contributed by atoms with Crippen LogP contribution < -0.4 is 9.47 Å². The number of fused-ring (bicyclic) bond motifs is 1. The number of rotatable bonds is 7. The third-order valence-corrected chi connectivity index (χ3v) is 9.19. The molecule has 0 aliphatic carbocycles. The lowest BCUT2D eigenvalue weighted by Crippen LogP contribution is -2.44. The van der Waals surface area contributed by atoms with E-state index in [-0.39, 0.29) is 31.7 Å². The van der Waals surface area contributed by atoms with Crippen molar-refractivity contribution < 1.29 is 28.7 Å². The van der Waals surface area contributed by atoms with Crippen LogP contribution in [0.3, 0.4) is 0 Å². The second-order valence-electron chi connectivity index (χ2n) is 11.7. The molecule has 10 nitrogen and oxygen atoms in total. The van der Waals surface area contributed by atoms with E-state index in [2.05, 4.69) is 0 Å². The number of hydrogen-bond donors (Lipinski definition) is 0. The van der Waals surface area contributed by atoms with Gasteiger partial charge in [-0.25, -0.2) is 9.59 Å². The van der Waals surface area contributed by atoms with Crippen molar-refractivity contribution in [1.29, 1.82) is 0 Å². The Balaban J connectivity index is 1.36. The number of hydrogen-bond acceptors (Lipinski definition) is 6. The van der Waals surface area contributed by atoms with Crippen molar-refractivity contribution in [3.8, 4) is 11.5 Å². The van der Waals surface area contributed by atoms with E-state index in [0.717, 1.165) is 16.7 Å².